The van der Waals surface area contributed by atoms with Crippen molar-refractivity contribution in [1.29, 1.82) is 0 Å². The van der Waals surface area contributed by atoms with E-state index in [2.05, 4.69) is 0 Å². The zero-order valence-corrected chi connectivity index (χ0v) is 14.7. The second kappa shape index (κ2) is 7.21. The number of nitrogens with two attached hydrogens (primary N) is 1. The molecule has 0 aliphatic carbocycles. The highest BCUT2D eigenvalue weighted by molar-refractivity contribution is 7.86. The van der Waals surface area contributed by atoms with Crippen molar-refractivity contribution in [3.05, 3.63) is 82.9 Å². The van der Waals surface area contributed by atoms with Crippen LogP contribution in [0.5, 0.6) is 0 Å². The number of hydrogen-bond donors (Lipinski definition) is 1. The molecule has 2 aromatic rings. The van der Waals surface area contributed by atoms with E-state index < -0.39 is 39.3 Å². The van der Waals surface area contributed by atoms with Gasteiger partial charge in [-0.3, -0.25) is 4.79 Å². The number of ether oxygens (including phenoxy) is 1. The van der Waals surface area contributed by atoms with Crippen LogP contribution in [0.15, 0.2) is 66.2 Å². The molecule has 1 atom stereocenters. The van der Waals surface area contributed by atoms with Gasteiger partial charge < -0.3 is 14.7 Å². The van der Waals surface area contributed by atoms with Gasteiger partial charge in [-0.25, -0.2) is 0 Å². The lowest BCUT2D eigenvalue weighted by atomic mass is 10.0. The number of benzene rings is 2. The van der Waals surface area contributed by atoms with Crippen molar-refractivity contribution in [1.82, 2.24) is 0 Å². The summed E-state index contributed by atoms with van der Waals surface area (Å²) in [6.45, 7) is 1.94. The first-order chi connectivity index (χ1) is 13.5. The molecule has 0 fully saturated rings. The van der Waals surface area contributed by atoms with Crippen LogP contribution in [-0.4, -0.2) is 14.2 Å². The predicted octanol–water partition coefficient (Wildman–Crippen LogP) is 2.56. The fraction of sp³-hybridized carbons (Fsp3) is 0.211. The van der Waals surface area contributed by atoms with E-state index in [0.717, 1.165) is 12.0 Å². The standard InChI is InChI=1S/C19H19NO5S/c1-2-13-8-10-15(11-9-13)17-16(21)18(19(20)24-17)25-26(22,23)12-14-6-4-3-5-7-14/h3-11,17H,2,12,20H2,1H3/i12D2,17D. The minimum absolute atomic E-state index is 0.143. The second-order valence-electron chi connectivity index (χ2n) is 5.51. The lowest BCUT2D eigenvalue weighted by Gasteiger charge is -2.10. The molecule has 0 spiro atoms. The summed E-state index contributed by atoms with van der Waals surface area (Å²) < 4.78 is 59.4. The van der Waals surface area contributed by atoms with Gasteiger partial charge in [0.25, 0.3) is 0 Å². The van der Waals surface area contributed by atoms with Crippen LogP contribution in [-0.2, 0) is 36.0 Å². The molecule has 136 valence electrons. The fourth-order valence-corrected chi connectivity index (χ4v) is 3.20. The Morgan fingerprint density at radius 2 is 1.81 bits per heavy atom. The van der Waals surface area contributed by atoms with Gasteiger partial charge in [0.1, 0.15) is 5.70 Å². The zero-order valence-electron chi connectivity index (χ0n) is 16.9. The van der Waals surface area contributed by atoms with Crippen molar-refractivity contribution in [2.45, 2.75) is 25.1 Å². The Hall–Kier alpha value is -2.80. The van der Waals surface area contributed by atoms with E-state index >= 15 is 0 Å². The maximum absolute atomic E-state index is 12.8. The lowest BCUT2D eigenvalue weighted by molar-refractivity contribution is -0.123. The maximum Gasteiger partial charge on any atom is 0.313 e. The predicted molar refractivity (Wildman–Crippen MR) is 96.0 cm³/mol. The fourth-order valence-electron chi connectivity index (χ4n) is 2.36. The van der Waals surface area contributed by atoms with Gasteiger partial charge in [-0.1, -0.05) is 61.5 Å². The summed E-state index contributed by atoms with van der Waals surface area (Å²) >= 11 is 0. The Bertz CT molecular complexity index is 1070. The van der Waals surface area contributed by atoms with E-state index in [4.69, 9.17) is 18.8 Å². The number of ketones is 1. The Balaban J connectivity index is 1.91. The number of rotatable bonds is 6. The molecule has 2 N–H and O–H groups in total. The van der Waals surface area contributed by atoms with Crippen LogP contribution in [0.2, 0.25) is 0 Å². The van der Waals surface area contributed by atoms with Crippen molar-refractivity contribution < 1.29 is 26.2 Å². The summed E-state index contributed by atoms with van der Waals surface area (Å²) in [6.07, 6.45) is -1.57. The van der Waals surface area contributed by atoms with E-state index in [0.29, 0.717) is 0 Å². The van der Waals surface area contributed by atoms with Gasteiger partial charge in [0.2, 0.25) is 17.4 Å². The first-order valence-corrected chi connectivity index (χ1v) is 9.26. The van der Waals surface area contributed by atoms with Gasteiger partial charge in [0.05, 0.1) is 4.11 Å². The summed E-state index contributed by atoms with van der Waals surface area (Å²) in [5.74, 6) is -2.75. The van der Waals surface area contributed by atoms with Crippen LogP contribution in [0.3, 0.4) is 0 Å². The van der Waals surface area contributed by atoms with Gasteiger partial charge in [0.15, 0.2) is 6.08 Å². The molecule has 1 unspecified atom stereocenters. The molecule has 0 saturated carbocycles. The van der Waals surface area contributed by atoms with Crippen molar-refractivity contribution in [3.8, 4) is 0 Å². The number of carbonyl (C=O) groups is 1. The van der Waals surface area contributed by atoms with E-state index in [9.17, 15) is 13.2 Å². The Labute approximate surface area is 156 Å². The highest BCUT2D eigenvalue weighted by Crippen LogP contribution is 2.32. The topological polar surface area (TPSA) is 95.7 Å². The van der Waals surface area contributed by atoms with Crippen molar-refractivity contribution in [3.63, 3.8) is 0 Å². The molecule has 7 heteroatoms. The summed E-state index contributed by atoms with van der Waals surface area (Å²) in [5, 5.41) is 0. The van der Waals surface area contributed by atoms with Gasteiger partial charge in [-0.05, 0) is 17.5 Å². The average molecular weight is 376 g/mol. The third kappa shape index (κ3) is 3.88. The van der Waals surface area contributed by atoms with Crippen LogP contribution in [0.4, 0.5) is 0 Å². The molecule has 1 aliphatic heterocycles. The summed E-state index contributed by atoms with van der Waals surface area (Å²) in [5.41, 5.74) is 3.60. The third-order valence-corrected chi connectivity index (χ3v) is 4.55. The van der Waals surface area contributed by atoms with Crippen LogP contribution < -0.4 is 5.73 Å². The summed E-state index contributed by atoms with van der Waals surface area (Å²) in [7, 11) is -4.99. The molecule has 3 rings (SSSR count). The average Bonchev–Trinajstić information content (AvgIpc) is 2.92. The quantitative estimate of drug-likeness (QED) is 0.779. The third-order valence-electron chi connectivity index (χ3n) is 3.68. The van der Waals surface area contributed by atoms with Crippen molar-refractivity contribution in [2.75, 3.05) is 0 Å². The van der Waals surface area contributed by atoms with E-state index in [-0.39, 0.29) is 11.1 Å². The molecule has 26 heavy (non-hydrogen) atoms. The lowest BCUT2D eigenvalue weighted by Crippen LogP contribution is -2.16. The molecule has 1 aliphatic rings. The highest BCUT2D eigenvalue weighted by Gasteiger charge is 2.39. The Kier molecular flexibility index (Phi) is 3.99. The molecular formula is C19H19NO5S. The molecule has 0 bridgehead atoms. The molecule has 0 aromatic heterocycles. The molecular weight excluding hydrogens is 354 g/mol. The van der Waals surface area contributed by atoms with Crippen molar-refractivity contribution >= 4 is 15.9 Å². The zero-order chi connectivity index (χ0) is 21.4. The number of carbonyl (C=O) groups excluding carboxylic acids is 1. The first-order valence-electron chi connectivity index (χ1n) is 9.35. The largest absolute Gasteiger partial charge is 0.460 e. The smallest absolute Gasteiger partial charge is 0.313 e. The van der Waals surface area contributed by atoms with E-state index in [1.54, 1.807) is 18.2 Å². The number of Topliss-reactive ketones (excluding diaryl/α,β-unsaturated/α-hetero) is 1. The van der Waals surface area contributed by atoms with Gasteiger partial charge in [0, 0.05) is 5.56 Å². The monoisotopic (exact) mass is 376 g/mol. The number of hydrogen-bond acceptors (Lipinski definition) is 6. The highest BCUT2D eigenvalue weighted by atomic mass is 32.2. The maximum atomic E-state index is 12.8. The molecule has 2 aromatic carbocycles. The first kappa shape index (κ1) is 14.4. The van der Waals surface area contributed by atoms with Crippen LogP contribution >= 0.6 is 0 Å². The van der Waals surface area contributed by atoms with Crippen LogP contribution in [0, 0.1) is 0 Å². The molecule has 6 nitrogen and oxygen atoms in total. The molecule has 0 saturated heterocycles. The Morgan fingerprint density at radius 1 is 1.15 bits per heavy atom. The van der Waals surface area contributed by atoms with Gasteiger partial charge >= 0.3 is 10.1 Å². The number of aryl methyl sites for hydroxylation is 1. The molecule has 0 amide bonds. The second-order valence-corrected chi connectivity index (χ2v) is 6.79. The van der Waals surface area contributed by atoms with Gasteiger partial charge in [-0.2, -0.15) is 8.42 Å². The minimum atomic E-state index is -4.99. The van der Waals surface area contributed by atoms with Crippen LogP contribution in [0.25, 0.3) is 0 Å². The summed E-state index contributed by atoms with van der Waals surface area (Å²) in [6, 6.07) is 13.5. The SMILES string of the molecule is [2H]C1(c2ccc(CC)cc2)OC(N)=C(OS(=O)(=O)C([2H])([2H])c2ccccc2)C1=O. The molecule has 1 heterocycles. The normalized spacial score (nSPS) is 22.3. The van der Waals surface area contributed by atoms with Gasteiger partial charge in [-0.15, -0.1) is 0 Å². The molecule has 0 radical (unpaired) electrons. The summed E-state index contributed by atoms with van der Waals surface area (Å²) in [4.78, 5) is 12.8. The van der Waals surface area contributed by atoms with E-state index in [1.165, 1.54) is 36.4 Å². The minimum Gasteiger partial charge on any atom is -0.460 e. The van der Waals surface area contributed by atoms with Crippen molar-refractivity contribution in [2.24, 2.45) is 5.73 Å². The van der Waals surface area contributed by atoms with E-state index in [1.807, 2.05) is 6.92 Å². The van der Waals surface area contributed by atoms with Crippen LogP contribution in [0.1, 0.15) is 33.8 Å². The Morgan fingerprint density at radius 3 is 2.42 bits per heavy atom.